The Morgan fingerprint density at radius 1 is 1.03 bits per heavy atom. The van der Waals surface area contributed by atoms with Crippen molar-refractivity contribution in [2.45, 2.75) is 77.0 Å². The van der Waals surface area contributed by atoms with Gasteiger partial charge in [0.05, 0.1) is 40.0 Å². The number of aryl methyl sites for hydroxylation is 1. The van der Waals surface area contributed by atoms with Crippen LogP contribution in [0.4, 0.5) is 5.00 Å². The minimum atomic E-state index is -0.815. The Morgan fingerprint density at radius 2 is 1.71 bits per heavy atom. The predicted molar refractivity (Wildman–Crippen MR) is 137 cm³/mol. The van der Waals surface area contributed by atoms with Gasteiger partial charge in [-0.2, -0.15) is 0 Å². The second-order valence-corrected chi connectivity index (χ2v) is 12.0. The first-order valence-electron chi connectivity index (χ1n) is 12.7. The van der Waals surface area contributed by atoms with Gasteiger partial charge < -0.3 is 10.1 Å². The van der Waals surface area contributed by atoms with Crippen LogP contribution in [0.1, 0.15) is 85.6 Å². The van der Waals surface area contributed by atoms with E-state index in [0.717, 1.165) is 60.1 Å². The number of benzene rings is 1. The zero-order chi connectivity index (χ0) is 24.6. The minimum absolute atomic E-state index is 0.0845. The number of ether oxygens (including phenoxy) is 1. The van der Waals surface area contributed by atoms with E-state index in [2.05, 4.69) is 26.1 Å². The predicted octanol–water partition coefficient (Wildman–Crippen LogP) is 5.71. The maximum absolute atomic E-state index is 14.4. The molecule has 6 nitrogen and oxygen atoms in total. The summed E-state index contributed by atoms with van der Waals surface area (Å²) >= 11 is 1.54. The van der Waals surface area contributed by atoms with E-state index in [0.29, 0.717) is 23.6 Å². The van der Waals surface area contributed by atoms with E-state index in [1.807, 2.05) is 31.2 Å². The molecule has 1 N–H and O–H groups in total. The number of rotatable bonds is 4. The first kappa shape index (κ1) is 22.7. The summed E-state index contributed by atoms with van der Waals surface area (Å²) in [5.74, 6) is -0.425. The molecule has 1 fully saturated rings. The smallest absolute Gasteiger partial charge is 0.341 e. The van der Waals surface area contributed by atoms with Crippen LogP contribution in [-0.2, 0) is 33.2 Å². The number of hydrogen-bond donors (Lipinski definition) is 1. The van der Waals surface area contributed by atoms with Gasteiger partial charge in [0.15, 0.2) is 0 Å². The third-order valence-electron chi connectivity index (χ3n) is 9.21. The van der Waals surface area contributed by atoms with E-state index in [1.165, 1.54) is 4.88 Å². The zero-order valence-corrected chi connectivity index (χ0v) is 21.6. The number of carbonyl (C=O) groups is 2. The first-order chi connectivity index (χ1) is 16.7. The van der Waals surface area contributed by atoms with Crippen LogP contribution in [0.5, 0.6) is 0 Å². The molecule has 2 atom stereocenters. The number of esters is 1. The molecule has 2 heterocycles. The van der Waals surface area contributed by atoms with E-state index >= 15 is 0 Å². The fourth-order valence-corrected chi connectivity index (χ4v) is 8.10. The highest BCUT2D eigenvalue weighted by Crippen LogP contribution is 2.70. The average molecular weight is 490 g/mol. The molecule has 1 amide bonds. The molecule has 0 radical (unpaired) electrons. The quantitative estimate of drug-likeness (QED) is 0.475. The first-order valence-corrected chi connectivity index (χ1v) is 13.5. The monoisotopic (exact) mass is 489 g/mol. The maximum atomic E-state index is 14.4. The molecule has 35 heavy (non-hydrogen) atoms. The van der Waals surface area contributed by atoms with Gasteiger partial charge in [0.2, 0.25) is 5.91 Å². The largest absolute Gasteiger partial charge is 0.462 e. The van der Waals surface area contributed by atoms with Crippen molar-refractivity contribution < 1.29 is 14.3 Å². The van der Waals surface area contributed by atoms with Crippen LogP contribution in [0.25, 0.3) is 11.0 Å². The summed E-state index contributed by atoms with van der Waals surface area (Å²) in [4.78, 5) is 38.7. The van der Waals surface area contributed by atoms with Crippen molar-refractivity contribution in [3.63, 3.8) is 0 Å². The molecule has 2 bridgehead atoms. The van der Waals surface area contributed by atoms with E-state index < -0.39 is 5.41 Å². The van der Waals surface area contributed by atoms with Gasteiger partial charge in [-0.1, -0.05) is 32.9 Å². The van der Waals surface area contributed by atoms with Gasteiger partial charge >= 0.3 is 5.97 Å². The number of nitrogens with zero attached hydrogens (tertiary/aromatic N) is 2. The normalized spacial score (nSPS) is 25.8. The highest BCUT2D eigenvalue weighted by atomic mass is 32.1. The highest BCUT2D eigenvalue weighted by Gasteiger charge is 2.73. The molecule has 7 heteroatoms. The Morgan fingerprint density at radius 3 is 2.43 bits per heavy atom. The lowest BCUT2D eigenvalue weighted by Gasteiger charge is -2.39. The second kappa shape index (κ2) is 7.60. The molecule has 1 saturated carbocycles. The summed E-state index contributed by atoms with van der Waals surface area (Å²) in [6.07, 6.45) is 5.53. The van der Waals surface area contributed by atoms with Gasteiger partial charge in [-0.15, -0.1) is 11.3 Å². The van der Waals surface area contributed by atoms with Crippen LogP contribution in [0, 0.1) is 5.41 Å². The fraction of sp³-hybridized carbons (Fsp3) is 0.500. The summed E-state index contributed by atoms with van der Waals surface area (Å²) in [7, 11) is 0. The number of amides is 1. The van der Waals surface area contributed by atoms with Crippen LogP contribution in [-0.4, -0.2) is 28.5 Å². The molecular formula is C28H31N3O3S. The van der Waals surface area contributed by atoms with Crippen LogP contribution in [0.3, 0.4) is 0 Å². The van der Waals surface area contributed by atoms with Crippen LogP contribution in [0.2, 0.25) is 0 Å². The number of anilines is 1. The van der Waals surface area contributed by atoms with Gasteiger partial charge in [0, 0.05) is 10.3 Å². The summed E-state index contributed by atoms with van der Waals surface area (Å²) < 4.78 is 5.42. The Balaban J connectivity index is 1.48. The van der Waals surface area contributed by atoms with Crippen LogP contribution >= 0.6 is 11.3 Å². The van der Waals surface area contributed by atoms with E-state index in [9.17, 15) is 9.59 Å². The SMILES string of the molecule is CCOC(=O)c1c(NC(=O)[C@]23CC[C@@](C)(c4nc5ccccc5nc42)C3(C)C)sc2c1CCCC2. The molecule has 0 spiro atoms. The van der Waals surface area contributed by atoms with Gasteiger partial charge in [-0.25, -0.2) is 14.8 Å². The molecule has 3 aromatic rings. The number of carbonyl (C=O) groups excluding carboxylic acids is 2. The minimum Gasteiger partial charge on any atom is -0.462 e. The maximum Gasteiger partial charge on any atom is 0.341 e. The second-order valence-electron chi connectivity index (χ2n) is 10.9. The molecule has 6 rings (SSSR count). The van der Waals surface area contributed by atoms with Crippen molar-refractivity contribution in [2.75, 3.05) is 11.9 Å². The molecule has 182 valence electrons. The average Bonchev–Trinajstić information content (AvgIpc) is 3.35. The molecular weight excluding hydrogens is 458 g/mol. The number of para-hydroxylation sites is 2. The fourth-order valence-electron chi connectivity index (χ4n) is 6.83. The molecule has 3 aliphatic carbocycles. The molecule has 0 saturated heterocycles. The molecule has 0 unspecified atom stereocenters. The van der Waals surface area contributed by atoms with Crippen molar-refractivity contribution in [1.29, 1.82) is 0 Å². The summed E-state index contributed by atoms with van der Waals surface area (Å²) in [6.45, 7) is 8.71. The molecule has 3 aliphatic rings. The van der Waals surface area contributed by atoms with Crippen molar-refractivity contribution in [3.8, 4) is 0 Å². The van der Waals surface area contributed by atoms with Crippen molar-refractivity contribution in [1.82, 2.24) is 9.97 Å². The van der Waals surface area contributed by atoms with Crippen molar-refractivity contribution in [3.05, 3.63) is 51.7 Å². The summed E-state index contributed by atoms with van der Waals surface area (Å²) in [5, 5.41) is 3.87. The van der Waals surface area contributed by atoms with E-state index in [-0.39, 0.29) is 22.7 Å². The Labute approximate surface area is 209 Å². The number of nitrogens with one attached hydrogen (secondary N) is 1. The van der Waals surface area contributed by atoms with Gasteiger partial charge in [-0.3, -0.25) is 4.79 Å². The zero-order valence-electron chi connectivity index (χ0n) is 20.8. The van der Waals surface area contributed by atoms with Crippen molar-refractivity contribution in [2.24, 2.45) is 5.41 Å². The van der Waals surface area contributed by atoms with E-state index in [4.69, 9.17) is 14.7 Å². The Kier molecular flexibility index (Phi) is 4.92. The summed E-state index contributed by atoms with van der Waals surface area (Å²) in [5.41, 5.74) is 3.57. The lowest BCUT2D eigenvalue weighted by molar-refractivity contribution is -0.125. The Hall–Kier alpha value is -2.80. The lowest BCUT2D eigenvalue weighted by Crippen LogP contribution is -2.48. The lowest BCUT2D eigenvalue weighted by atomic mass is 9.63. The third-order valence-corrected chi connectivity index (χ3v) is 10.4. The van der Waals surface area contributed by atoms with Gasteiger partial charge in [-0.05, 0) is 68.6 Å². The molecule has 0 aliphatic heterocycles. The number of hydrogen-bond acceptors (Lipinski definition) is 6. The van der Waals surface area contributed by atoms with E-state index in [1.54, 1.807) is 11.3 Å². The van der Waals surface area contributed by atoms with Gasteiger partial charge in [0.25, 0.3) is 0 Å². The molecule has 2 aromatic heterocycles. The topological polar surface area (TPSA) is 81.2 Å². The van der Waals surface area contributed by atoms with Crippen LogP contribution < -0.4 is 5.32 Å². The Bertz CT molecular complexity index is 1390. The summed E-state index contributed by atoms with van der Waals surface area (Å²) in [6, 6.07) is 7.88. The van der Waals surface area contributed by atoms with Gasteiger partial charge in [0.1, 0.15) is 5.00 Å². The number of aromatic nitrogens is 2. The van der Waals surface area contributed by atoms with Crippen LogP contribution in [0.15, 0.2) is 24.3 Å². The van der Waals surface area contributed by atoms with Crippen molar-refractivity contribution >= 4 is 39.2 Å². The molecule has 1 aromatic carbocycles. The number of fused-ring (bicyclic) bond motifs is 7. The highest BCUT2D eigenvalue weighted by molar-refractivity contribution is 7.17. The third kappa shape index (κ3) is 2.82. The number of thiophene rings is 1. The standard InChI is InChI=1S/C28H31N3O3S/c1-5-34-24(32)20-16-10-6-9-13-19(16)35-23(20)31-25(33)28-15-14-27(4,26(28,2)3)21-22(28)30-18-12-8-7-11-17(18)29-21/h7-8,11-12H,5-6,9-10,13-15H2,1-4H3,(H,31,33)/t27-,28-/m0/s1.